The van der Waals surface area contributed by atoms with Crippen molar-refractivity contribution in [2.24, 2.45) is 52.3 Å². The van der Waals surface area contributed by atoms with E-state index in [1.165, 1.54) is 25.7 Å². The molecule has 0 saturated heterocycles. The van der Waals surface area contributed by atoms with Crippen molar-refractivity contribution in [1.82, 2.24) is 4.72 Å². The van der Waals surface area contributed by atoms with Gasteiger partial charge in [0.15, 0.2) is 0 Å². The van der Waals surface area contributed by atoms with Crippen molar-refractivity contribution < 1.29 is 19.0 Å². The Morgan fingerprint density at radius 2 is 1.72 bits per heavy atom. The first-order chi connectivity index (χ1) is 15.1. The number of rotatable bonds is 7. The first-order valence-corrected chi connectivity index (χ1v) is 14.4. The van der Waals surface area contributed by atoms with Crippen LogP contribution >= 0.6 is 0 Å². The Labute approximate surface area is 197 Å². The highest BCUT2D eigenvalue weighted by molar-refractivity contribution is 7.77. The van der Waals surface area contributed by atoms with Gasteiger partial charge in [-0.2, -0.15) is 0 Å². The van der Waals surface area contributed by atoms with Crippen molar-refractivity contribution in [2.45, 2.75) is 104 Å². The number of fused-ring (bicyclic) bond motifs is 5. The van der Waals surface area contributed by atoms with Gasteiger partial charge in [-0.05, 0) is 110 Å². The molecule has 0 aromatic heterocycles. The molecule has 186 valence electrons. The van der Waals surface area contributed by atoms with Crippen LogP contribution in [-0.2, 0) is 11.3 Å². The molecule has 0 aromatic carbocycles. The average molecular weight is 470 g/mol. The SMILES string of the molecule is CC[C@H]1C(O)C2[C@@H]3CC[C@H]([C@H](C)CCCNS(=O)O)[C@@]3(C)CC[C@@H]2[C@]2(C)CC[C@@H](O)CC12. The van der Waals surface area contributed by atoms with E-state index in [0.717, 1.165) is 38.5 Å². The molecule has 4 aliphatic carbocycles. The lowest BCUT2D eigenvalue weighted by Crippen LogP contribution is -2.62. The summed E-state index contributed by atoms with van der Waals surface area (Å²) in [6.07, 6.45) is 10.5. The zero-order valence-electron chi connectivity index (χ0n) is 20.6. The summed E-state index contributed by atoms with van der Waals surface area (Å²) in [7, 11) is 0. The third-order valence-corrected chi connectivity index (χ3v) is 11.7. The molecule has 0 radical (unpaired) electrons. The Hall–Kier alpha value is -0.0100. The molecule has 32 heavy (non-hydrogen) atoms. The summed E-state index contributed by atoms with van der Waals surface area (Å²) in [6, 6.07) is 0. The van der Waals surface area contributed by atoms with Crippen LogP contribution in [0.15, 0.2) is 0 Å². The third kappa shape index (κ3) is 4.14. The molecule has 4 N–H and O–H groups in total. The van der Waals surface area contributed by atoms with Crippen molar-refractivity contribution >= 4 is 11.3 Å². The normalized spacial score (nSPS) is 50.2. The Kier molecular flexibility index (Phi) is 7.50. The monoisotopic (exact) mass is 469 g/mol. The molecule has 4 aliphatic rings. The smallest absolute Gasteiger partial charge is 0.231 e. The van der Waals surface area contributed by atoms with Crippen LogP contribution < -0.4 is 4.72 Å². The lowest BCUT2D eigenvalue weighted by molar-refractivity contribution is -0.203. The highest BCUT2D eigenvalue weighted by atomic mass is 32.2. The fourth-order valence-electron chi connectivity index (χ4n) is 9.72. The van der Waals surface area contributed by atoms with Gasteiger partial charge in [0.2, 0.25) is 11.3 Å². The van der Waals surface area contributed by atoms with E-state index < -0.39 is 11.3 Å². The summed E-state index contributed by atoms with van der Waals surface area (Å²) in [6.45, 7) is 10.2. The van der Waals surface area contributed by atoms with Gasteiger partial charge < -0.3 is 10.2 Å². The zero-order chi connectivity index (χ0) is 23.3. The molecule has 4 unspecified atom stereocenters. The maximum atomic E-state index is 11.8. The maximum absolute atomic E-state index is 11.8. The predicted molar refractivity (Wildman–Crippen MR) is 129 cm³/mol. The fraction of sp³-hybridized carbons (Fsp3) is 1.00. The molecule has 12 atom stereocenters. The lowest BCUT2D eigenvalue weighted by Gasteiger charge is -2.64. The Morgan fingerprint density at radius 1 is 1.03 bits per heavy atom. The number of hydrogen-bond donors (Lipinski definition) is 4. The summed E-state index contributed by atoms with van der Waals surface area (Å²) in [5.74, 6) is 3.66. The zero-order valence-corrected chi connectivity index (χ0v) is 21.4. The van der Waals surface area contributed by atoms with E-state index in [1.807, 2.05) is 0 Å². The number of aliphatic hydroxyl groups is 2. The van der Waals surface area contributed by atoms with Crippen LogP contribution in [0, 0.1) is 52.3 Å². The van der Waals surface area contributed by atoms with Crippen LogP contribution in [0.1, 0.15) is 91.9 Å². The fourth-order valence-corrected chi connectivity index (χ4v) is 10.0. The van der Waals surface area contributed by atoms with Gasteiger partial charge >= 0.3 is 0 Å². The van der Waals surface area contributed by atoms with Crippen LogP contribution in [0.5, 0.6) is 0 Å². The second-order valence-electron chi connectivity index (χ2n) is 12.4. The molecule has 0 heterocycles. The molecular formula is C26H47NO4S. The minimum absolute atomic E-state index is 0.186. The van der Waals surface area contributed by atoms with Gasteiger partial charge in [-0.1, -0.05) is 34.1 Å². The molecule has 4 saturated carbocycles. The predicted octanol–water partition coefficient (Wildman–Crippen LogP) is 4.76. The van der Waals surface area contributed by atoms with E-state index in [9.17, 15) is 14.4 Å². The second kappa shape index (κ2) is 9.56. The average Bonchev–Trinajstić information content (AvgIpc) is 3.09. The van der Waals surface area contributed by atoms with Gasteiger partial charge in [-0.3, -0.25) is 4.55 Å². The summed E-state index contributed by atoms with van der Waals surface area (Å²) in [5.41, 5.74) is 0.560. The summed E-state index contributed by atoms with van der Waals surface area (Å²) in [4.78, 5) is 0. The molecule has 4 fully saturated rings. The first-order valence-electron chi connectivity index (χ1n) is 13.3. The lowest BCUT2D eigenvalue weighted by atomic mass is 9.41. The maximum Gasteiger partial charge on any atom is 0.231 e. The van der Waals surface area contributed by atoms with Crippen molar-refractivity contribution in [3.05, 3.63) is 0 Å². The quantitative estimate of drug-likeness (QED) is 0.320. The molecular weight excluding hydrogens is 422 g/mol. The van der Waals surface area contributed by atoms with Gasteiger partial charge in [-0.15, -0.1) is 0 Å². The van der Waals surface area contributed by atoms with Crippen LogP contribution in [0.3, 0.4) is 0 Å². The van der Waals surface area contributed by atoms with Crippen molar-refractivity contribution in [3.63, 3.8) is 0 Å². The topological polar surface area (TPSA) is 89.8 Å². The van der Waals surface area contributed by atoms with E-state index in [-0.39, 0.29) is 17.6 Å². The molecule has 6 heteroatoms. The van der Waals surface area contributed by atoms with Gasteiger partial charge in [0.1, 0.15) is 0 Å². The standard InChI is InChI=1S/C26H47NO4S/c1-5-18-22-15-17(28)10-12-26(22,4)21-11-13-25(3)19(8-9-20(25)23(21)24(18)29)16(2)7-6-14-27-32(30)31/h16-24,27-29H,5-15H2,1-4H3,(H,30,31)/t16-,17-,18-,19-,20+,21+,22?,23?,24?,25-,26+/m1/s1. The number of aliphatic hydroxyl groups excluding tert-OH is 2. The molecule has 0 aromatic rings. The third-order valence-electron chi connectivity index (χ3n) is 11.2. The van der Waals surface area contributed by atoms with E-state index in [0.29, 0.717) is 53.4 Å². The summed E-state index contributed by atoms with van der Waals surface area (Å²) >= 11 is -1.91. The molecule has 5 nitrogen and oxygen atoms in total. The van der Waals surface area contributed by atoms with E-state index in [4.69, 9.17) is 4.55 Å². The highest BCUT2D eigenvalue weighted by Crippen LogP contribution is 2.69. The molecule has 0 spiro atoms. The Bertz CT molecular complexity index is 691. The first kappa shape index (κ1) is 25.1. The van der Waals surface area contributed by atoms with Gasteiger partial charge in [0.05, 0.1) is 12.2 Å². The Morgan fingerprint density at radius 3 is 2.41 bits per heavy atom. The number of hydrogen-bond acceptors (Lipinski definition) is 3. The van der Waals surface area contributed by atoms with Crippen LogP contribution in [0.4, 0.5) is 0 Å². The summed E-state index contributed by atoms with van der Waals surface area (Å²) < 4.78 is 22.4. The molecule has 0 bridgehead atoms. The van der Waals surface area contributed by atoms with Gasteiger partial charge in [0, 0.05) is 6.54 Å². The minimum atomic E-state index is -1.91. The molecule has 4 rings (SSSR count). The van der Waals surface area contributed by atoms with E-state index in [1.54, 1.807) is 0 Å². The number of nitrogens with one attached hydrogen (secondary N) is 1. The van der Waals surface area contributed by atoms with Crippen molar-refractivity contribution in [3.8, 4) is 0 Å². The van der Waals surface area contributed by atoms with Crippen molar-refractivity contribution in [1.29, 1.82) is 0 Å². The van der Waals surface area contributed by atoms with Crippen LogP contribution in [-0.4, -0.2) is 37.7 Å². The van der Waals surface area contributed by atoms with Gasteiger partial charge in [0.25, 0.3) is 0 Å². The van der Waals surface area contributed by atoms with Crippen LogP contribution in [0.25, 0.3) is 0 Å². The Balaban J connectivity index is 1.53. The summed E-state index contributed by atoms with van der Waals surface area (Å²) in [5, 5.41) is 22.2. The van der Waals surface area contributed by atoms with E-state index in [2.05, 4.69) is 32.4 Å². The van der Waals surface area contributed by atoms with Gasteiger partial charge in [-0.25, -0.2) is 8.93 Å². The van der Waals surface area contributed by atoms with E-state index >= 15 is 0 Å². The van der Waals surface area contributed by atoms with Crippen molar-refractivity contribution in [2.75, 3.05) is 6.54 Å². The molecule has 0 aliphatic heterocycles. The molecule has 0 amide bonds. The second-order valence-corrected chi connectivity index (χ2v) is 13.2. The highest BCUT2D eigenvalue weighted by Gasteiger charge is 2.64. The van der Waals surface area contributed by atoms with Crippen LogP contribution in [0.2, 0.25) is 0 Å². The minimum Gasteiger partial charge on any atom is -0.393 e. The largest absolute Gasteiger partial charge is 0.393 e.